The number of hydrogen-bond acceptors (Lipinski definition) is 2. The molecule has 2 nitrogen and oxygen atoms in total. The first kappa shape index (κ1) is 8.37. The molecular formula is C13H16O2. The maximum Gasteiger partial charge on any atom is 0.310 e. The highest BCUT2D eigenvalue weighted by Crippen LogP contribution is 2.61. The molecule has 1 heterocycles. The first-order chi connectivity index (χ1) is 7.30. The fourth-order valence-corrected chi connectivity index (χ4v) is 4.61. The molecule has 4 aliphatic rings. The second-order valence-electron chi connectivity index (χ2n) is 5.69. The molecule has 2 saturated carbocycles. The van der Waals surface area contributed by atoms with Gasteiger partial charge in [-0.2, -0.15) is 0 Å². The van der Waals surface area contributed by atoms with Crippen LogP contribution in [0.25, 0.3) is 0 Å². The minimum atomic E-state index is -0.0358. The van der Waals surface area contributed by atoms with Gasteiger partial charge in [-0.15, -0.1) is 0 Å². The van der Waals surface area contributed by atoms with Crippen molar-refractivity contribution >= 4 is 5.97 Å². The summed E-state index contributed by atoms with van der Waals surface area (Å²) in [5.74, 6) is 2.01. The summed E-state index contributed by atoms with van der Waals surface area (Å²) < 4.78 is 5.78. The van der Waals surface area contributed by atoms with Crippen molar-refractivity contribution in [3.8, 4) is 0 Å². The largest absolute Gasteiger partial charge is 0.458 e. The first-order valence-electron chi connectivity index (χ1n) is 6.21. The van der Waals surface area contributed by atoms with E-state index >= 15 is 0 Å². The summed E-state index contributed by atoms with van der Waals surface area (Å²) in [6.07, 6.45) is 10.5. The van der Waals surface area contributed by atoms with Crippen LogP contribution in [-0.4, -0.2) is 11.6 Å². The average molecular weight is 204 g/mol. The Labute approximate surface area is 89.7 Å². The number of carbonyl (C=O) groups excluding carboxylic acids is 1. The second kappa shape index (κ2) is 2.47. The molecule has 0 unspecified atom stereocenters. The van der Waals surface area contributed by atoms with Crippen LogP contribution in [0.1, 0.15) is 32.1 Å². The van der Waals surface area contributed by atoms with Crippen molar-refractivity contribution in [2.24, 2.45) is 23.7 Å². The highest BCUT2D eigenvalue weighted by Gasteiger charge is 2.64. The number of hydrogen-bond donors (Lipinski definition) is 0. The Bertz CT molecular complexity index is 352. The van der Waals surface area contributed by atoms with Gasteiger partial charge in [-0.05, 0) is 43.9 Å². The van der Waals surface area contributed by atoms with Gasteiger partial charge >= 0.3 is 5.97 Å². The van der Waals surface area contributed by atoms with Crippen molar-refractivity contribution in [1.82, 2.24) is 0 Å². The van der Waals surface area contributed by atoms with Gasteiger partial charge in [0.05, 0.1) is 5.92 Å². The Morgan fingerprint density at radius 2 is 1.93 bits per heavy atom. The molecule has 0 aromatic rings. The second-order valence-corrected chi connectivity index (χ2v) is 5.69. The van der Waals surface area contributed by atoms with Crippen LogP contribution >= 0.6 is 0 Å². The molecule has 4 rings (SSSR count). The van der Waals surface area contributed by atoms with E-state index in [1.165, 1.54) is 19.3 Å². The molecule has 2 bridgehead atoms. The number of fused-ring (bicyclic) bond motifs is 6. The summed E-state index contributed by atoms with van der Waals surface area (Å²) in [7, 11) is 0. The van der Waals surface area contributed by atoms with Crippen LogP contribution < -0.4 is 0 Å². The van der Waals surface area contributed by atoms with Crippen LogP contribution in [0, 0.1) is 23.7 Å². The Morgan fingerprint density at radius 1 is 1.20 bits per heavy atom. The highest BCUT2D eigenvalue weighted by molar-refractivity contribution is 5.78. The van der Waals surface area contributed by atoms with E-state index < -0.39 is 0 Å². The zero-order chi connectivity index (χ0) is 10.0. The molecule has 4 atom stereocenters. The minimum Gasteiger partial charge on any atom is -0.458 e. The van der Waals surface area contributed by atoms with Crippen molar-refractivity contribution in [2.45, 2.75) is 37.7 Å². The molecule has 1 aliphatic heterocycles. The van der Waals surface area contributed by atoms with E-state index in [0.29, 0.717) is 17.8 Å². The van der Waals surface area contributed by atoms with Gasteiger partial charge in [0.15, 0.2) is 0 Å². The molecule has 1 saturated heterocycles. The Hall–Kier alpha value is -0.790. The Morgan fingerprint density at radius 3 is 2.73 bits per heavy atom. The van der Waals surface area contributed by atoms with Crippen molar-refractivity contribution in [3.05, 3.63) is 12.2 Å². The first-order valence-corrected chi connectivity index (χ1v) is 6.21. The molecule has 0 N–H and O–H groups in total. The number of esters is 1. The standard InChI is InChI=1S/C13H16O2/c14-12-10-8-3-4-9(7-8)11(10)13(15-12)5-1-2-6-13/h3-4,8-11H,1-2,5-7H2/t8-,9+,10-,11+/m0/s1. The van der Waals surface area contributed by atoms with Gasteiger partial charge in [0, 0.05) is 5.92 Å². The summed E-state index contributed by atoms with van der Waals surface area (Å²) in [5.41, 5.74) is -0.0358. The zero-order valence-corrected chi connectivity index (χ0v) is 8.82. The van der Waals surface area contributed by atoms with Crippen LogP contribution in [0.3, 0.4) is 0 Å². The quantitative estimate of drug-likeness (QED) is 0.447. The maximum absolute atomic E-state index is 12.0. The van der Waals surface area contributed by atoms with Crippen molar-refractivity contribution in [2.75, 3.05) is 0 Å². The molecule has 0 aromatic carbocycles. The monoisotopic (exact) mass is 204 g/mol. The molecule has 0 amide bonds. The zero-order valence-electron chi connectivity index (χ0n) is 8.82. The fourth-order valence-electron chi connectivity index (χ4n) is 4.61. The van der Waals surface area contributed by atoms with Crippen LogP contribution in [-0.2, 0) is 9.53 Å². The number of carbonyl (C=O) groups is 1. The molecule has 0 aromatic heterocycles. The summed E-state index contributed by atoms with van der Waals surface area (Å²) in [6, 6.07) is 0. The van der Waals surface area contributed by atoms with Crippen LogP contribution in [0.5, 0.6) is 0 Å². The maximum atomic E-state index is 12.0. The predicted octanol–water partition coefficient (Wildman–Crippen LogP) is 2.29. The van der Waals surface area contributed by atoms with Gasteiger partial charge in [0.25, 0.3) is 0 Å². The van der Waals surface area contributed by atoms with E-state index in [0.717, 1.165) is 12.8 Å². The summed E-state index contributed by atoms with van der Waals surface area (Å²) in [5, 5.41) is 0. The third-order valence-electron chi connectivity index (χ3n) is 5.09. The number of ether oxygens (including phenoxy) is 1. The Balaban J connectivity index is 1.80. The van der Waals surface area contributed by atoms with Crippen molar-refractivity contribution in [1.29, 1.82) is 0 Å². The third kappa shape index (κ3) is 0.849. The van der Waals surface area contributed by atoms with Gasteiger partial charge in [0.1, 0.15) is 5.60 Å². The van der Waals surface area contributed by atoms with Gasteiger partial charge < -0.3 is 4.74 Å². The number of rotatable bonds is 0. The van der Waals surface area contributed by atoms with Gasteiger partial charge in [-0.1, -0.05) is 12.2 Å². The van der Waals surface area contributed by atoms with Crippen LogP contribution in [0.4, 0.5) is 0 Å². The van der Waals surface area contributed by atoms with E-state index in [1.807, 2.05) is 0 Å². The molecule has 80 valence electrons. The van der Waals surface area contributed by atoms with E-state index in [2.05, 4.69) is 12.2 Å². The lowest BCUT2D eigenvalue weighted by atomic mass is 9.74. The molecule has 1 spiro atoms. The predicted molar refractivity (Wildman–Crippen MR) is 55.0 cm³/mol. The van der Waals surface area contributed by atoms with E-state index in [9.17, 15) is 4.79 Å². The summed E-state index contributed by atoms with van der Waals surface area (Å²) in [4.78, 5) is 12.0. The van der Waals surface area contributed by atoms with Crippen LogP contribution in [0.15, 0.2) is 12.2 Å². The Kier molecular flexibility index (Phi) is 1.38. The SMILES string of the molecule is O=C1OC2(CCCC2)[C@H]2[C@@H]1[C@H]1C=C[C@@H]2C1. The molecule has 3 fully saturated rings. The lowest BCUT2D eigenvalue weighted by Crippen LogP contribution is -2.36. The fraction of sp³-hybridized carbons (Fsp3) is 0.769. The molecule has 3 aliphatic carbocycles. The molecule has 2 heteroatoms. The highest BCUT2D eigenvalue weighted by atomic mass is 16.6. The lowest BCUT2D eigenvalue weighted by molar-refractivity contribution is -0.152. The van der Waals surface area contributed by atoms with E-state index in [-0.39, 0.29) is 17.5 Å². The van der Waals surface area contributed by atoms with Crippen molar-refractivity contribution < 1.29 is 9.53 Å². The number of allylic oxidation sites excluding steroid dienone is 2. The topological polar surface area (TPSA) is 26.3 Å². The molecular weight excluding hydrogens is 188 g/mol. The molecule has 15 heavy (non-hydrogen) atoms. The van der Waals surface area contributed by atoms with E-state index in [1.54, 1.807) is 0 Å². The third-order valence-corrected chi connectivity index (χ3v) is 5.09. The molecule has 0 radical (unpaired) electrons. The summed E-state index contributed by atoms with van der Waals surface area (Å²) >= 11 is 0. The van der Waals surface area contributed by atoms with Crippen molar-refractivity contribution in [3.63, 3.8) is 0 Å². The minimum absolute atomic E-state index is 0.0358. The smallest absolute Gasteiger partial charge is 0.310 e. The normalized spacial score (nSPS) is 48.9. The van der Waals surface area contributed by atoms with Gasteiger partial charge in [0.2, 0.25) is 0 Å². The average Bonchev–Trinajstić information content (AvgIpc) is 2.93. The van der Waals surface area contributed by atoms with Gasteiger partial charge in [-0.3, -0.25) is 4.79 Å². The summed E-state index contributed by atoms with van der Waals surface area (Å²) in [6.45, 7) is 0. The lowest BCUT2D eigenvalue weighted by Gasteiger charge is -2.31. The van der Waals surface area contributed by atoms with Gasteiger partial charge in [-0.25, -0.2) is 0 Å². The van der Waals surface area contributed by atoms with E-state index in [4.69, 9.17) is 4.74 Å². The van der Waals surface area contributed by atoms with Crippen LogP contribution in [0.2, 0.25) is 0 Å².